The van der Waals surface area contributed by atoms with Gasteiger partial charge in [-0.2, -0.15) is 0 Å². The number of aryl methyl sites for hydroxylation is 1. The fourth-order valence-electron chi connectivity index (χ4n) is 0.916. The first-order chi connectivity index (χ1) is 6.29. The maximum Gasteiger partial charge on any atom is 0.573 e. The van der Waals surface area contributed by atoms with Crippen LogP contribution in [0.3, 0.4) is 0 Å². The molecule has 1 rings (SSSR count). The molecule has 0 aliphatic heterocycles. The molecule has 0 aliphatic rings. The van der Waals surface area contributed by atoms with Crippen molar-refractivity contribution in [2.75, 3.05) is 5.73 Å². The number of hydrogen-bond donors (Lipinski definition) is 1. The zero-order valence-electron chi connectivity index (χ0n) is 7.56. The summed E-state index contributed by atoms with van der Waals surface area (Å²) in [4.78, 5) is 0. The summed E-state index contributed by atoms with van der Waals surface area (Å²) in [6.07, 6.45) is -4.72. The second-order valence-electron chi connectivity index (χ2n) is 2.68. The van der Waals surface area contributed by atoms with Gasteiger partial charge in [-0.05, 0) is 18.6 Å². The predicted molar refractivity (Wildman–Crippen MR) is 54.5 cm³/mol. The van der Waals surface area contributed by atoms with Crippen LogP contribution in [0.15, 0.2) is 12.1 Å². The van der Waals surface area contributed by atoms with Crippen molar-refractivity contribution in [1.82, 2.24) is 0 Å². The molecular weight excluding hydrogens is 254 g/mol. The summed E-state index contributed by atoms with van der Waals surface area (Å²) in [5.74, 6) is -0.366. The average Bonchev–Trinajstić information content (AvgIpc) is 1.96. The summed E-state index contributed by atoms with van der Waals surface area (Å²) in [6.45, 7) is 1.55. The minimum atomic E-state index is -4.72. The molecule has 7 heteroatoms. The van der Waals surface area contributed by atoms with Gasteiger partial charge in [-0.15, -0.1) is 25.6 Å². The lowest BCUT2D eigenvalue weighted by molar-refractivity contribution is -0.274. The summed E-state index contributed by atoms with van der Waals surface area (Å²) in [7, 11) is 0. The van der Waals surface area contributed by atoms with Gasteiger partial charge in [0.25, 0.3) is 0 Å². The van der Waals surface area contributed by atoms with E-state index in [1.807, 2.05) is 0 Å². The van der Waals surface area contributed by atoms with Crippen LogP contribution in [-0.4, -0.2) is 6.36 Å². The smallest absolute Gasteiger partial charge is 0.406 e. The van der Waals surface area contributed by atoms with Crippen molar-refractivity contribution in [3.05, 3.63) is 22.7 Å². The van der Waals surface area contributed by atoms with E-state index in [1.165, 1.54) is 6.07 Å². The van der Waals surface area contributed by atoms with E-state index in [1.54, 1.807) is 6.92 Å². The number of nitrogens with two attached hydrogens (primary N) is 1. The molecule has 1 aromatic carbocycles. The van der Waals surface area contributed by atoms with Crippen molar-refractivity contribution in [3.63, 3.8) is 0 Å². The summed E-state index contributed by atoms with van der Waals surface area (Å²) in [5.41, 5.74) is 6.14. The first kappa shape index (κ1) is 14.2. The van der Waals surface area contributed by atoms with Crippen LogP contribution in [-0.2, 0) is 0 Å². The Bertz CT molecular complexity index is 331. The number of ether oxygens (including phenoxy) is 1. The molecule has 0 aliphatic carbocycles. The monoisotopic (exact) mass is 261 g/mol. The molecule has 0 saturated heterocycles. The molecule has 0 heterocycles. The van der Waals surface area contributed by atoms with E-state index in [2.05, 4.69) is 4.74 Å². The molecule has 0 radical (unpaired) electrons. The van der Waals surface area contributed by atoms with E-state index < -0.39 is 6.36 Å². The standard InChI is InChI=1S/C8H7ClF3NO.ClH/c1-4-2-5(14-8(10,11)12)3-6(9)7(4)13;/h2-3H,13H2,1H3;1H. The molecule has 0 atom stereocenters. The van der Waals surface area contributed by atoms with Crippen LogP contribution >= 0.6 is 24.0 Å². The quantitative estimate of drug-likeness (QED) is 0.785. The van der Waals surface area contributed by atoms with Crippen molar-refractivity contribution < 1.29 is 17.9 Å². The van der Waals surface area contributed by atoms with Gasteiger partial charge in [-0.1, -0.05) is 11.6 Å². The van der Waals surface area contributed by atoms with Gasteiger partial charge in [-0.3, -0.25) is 0 Å². The lowest BCUT2D eigenvalue weighted by atomic mass is 10.2. The third-order valence-corrected chi connectivity index (χ3v) is 1.86. The SMILES string of the molecule is Cc1cc(OC(F)(F)F)cc(Cl)c1N.Cl. The minimum absolute atomic E-state index is 0. The predicted octanol–water partition coefficient (Wildman–Crippen LogP) is 3.55. The Kier molecular flexibility index (Phi) is 4.55. The Morgan fingerprint density at radius 1 is 1.33 bits per heavy atom. The normalized spacial score (nSPS) is 10.7. The number of hydrogen-bond acceptors (Lipinski definition) is 2. The molecular formula is C8H8Cl2F3NO. The van der Waals surface area contributed by atoms with Crippen molar-refractivity contribution in [2.24, 2.45) is 0 Å². The Labute approximate surface area is 95.6 Å². The number of halogens is 5. The van der Waals surface area contributed by atoms with E-state index in [0.29, 0.717) is 5.56 Å². The van der Waals surface area contributed by atoms with Gasteiger partial charge >= 0.3 is 6.36 Å². The molecule has 15 heavy (non-hydrogen) atoms. The molecule has 0 spiro atoms. The Balaban J connectivity index is 0.00000196. The third kappa shape index (κ3) is 4.05. The summed E-state index contributed by atoms with van der Waals surface area (Å²) >= 11 is 5.58. The van der Waals surface area contributed by atoms with Gasteiger partial charge in [0.05, 0.1) is 10.7 Å². The fraction of sp³-hybridized carbons (Fsp3) is 0.250. The number of alkyl halides is 3. The minimum Gasteiger partial charge on any atom is -0.406 e. The average molecular weight is 262 g/mol. The highest BCUT2D eigenvalue weighted by molar-refractivity contribution is 6.33. The molecule has 2 nitrogen and oxygen atoms in total. The number of benzene rings is 1. The lowest BCUT2D eigenvalue weighted by Crippen LogP contribution is -2.17. The molecule has 2 N–H and O–H groups in total. The number of rotatable bonds is 1. The molecule has 0 fully saturated rings. The van der Waals surface area contributed by atoms with Crippen LogP contribution < -0.4 is 10.5 Å². The molecule has 0 aromatic heterocycles. The molecule has 0 saturated carbocycles. The molecule has 0 amide bonds. The molecule has 86 valence electrons. The van der Waals surface area contributed by atoms with Crippen LogP contribution in [0.5, 0.6) is 5.75 Å². The van der Waals surface area contributed by atoms with E-state index >= 15 is 0 Å². The van der Waals surface area contributed by atoms with Crippen LogP contribution in [0.4, 0.5) is 18.9 Å². The fourth-order valence-corrected chi connectivity index (χ4v) is 1.17. The highest BCUT2D eigenvalue weighted by atomic mass is 35.5. The van der Waals surface area contributed by atoms with Crippen molar-refractivity contribution in [3.8, 4) is 5.75 Å². The highest BCUT2D eigenvalue weighted by Crippen LogP contribution is 2.31. The van der Waals surface area contributed by atoms with Crippen LogP contribution in [0.25, 0.3) is 0 Å². The second kappa shape index (κ2) is 4.81. The largest absolute Gasteiger partial charge is 0.573 e. The van der Waals surface area contributed by atoms with Gasteiger partial charge in [0, 0.05) is 6.07 Å². The van der Waals surface area contributed by atoms with Gasteiger partial charge in [0.15, 0.2) is 0 Å². The molecule has 0 unspecified atom stereocenters. The Morgan fingerprint density at radius 3 is 2.27 bits per heavy atom. The van der Waals surface area contributed by atoms with Gasteiger partial charge in [-0.25, -0.2) is 0 Å². The van der Waals surface area contributed by atoms with Crippen molar-refractivity contribution in [2.45, 2.75) is 13.3 Å². The summed E-state index contributed by atoms with van der Waals surface area (Å²) in [6, 6.07) is 2.20. The van der Waals surface area contributed by atoms with Gasteiger partial charge in [0.2, 0.25) is 0 Å². The summed E-state index contributed by atoms with van der Waals surface area (Å²) < 4.78 is 39.1. The lowest BCUT2D eigenvalue weighted by Gasteiger charge is -2.11. The van der Waals surface area contributed by atoms with Crippen LogP contribution in [0, 0.1) is 6.92 Å². The zero-order chi connectivity index (χ0) is 10.9. The summed E-state index contributed by atoms with van der Waals surface area (Å²) in [5, 5.41) is 0.0456. The zero-order valence-corrected chi connectivity index (χ0v) is 9.13. The Hall–Kier alpha value is -0.810. The number of nitrogen functional groups attached to an aromatic ring is 1. The first-order valence-corrected chi connectivity index (χ1v) is 3.99. The molecule has 1 aromatic rings. The van der Waals surface area contributed by atoms with Crippen molar-refractivity contribution in [1.29, 1.82) is 0 Å². The van der Waals surface area contributed by atoms with Crippen LogP contribution in [0.2, 0.25) is 5.02 Å². The Morgan fingerprint density at radius 2 is 1.87 bits per heavy atom. The van der Waals surface area contributed by atoms with Gasteiger partial charge in [0.1, 0.15) is 5.75 Å². The topological polar surface area (TPSA) is 35.2 Å². The highest BCUT2D eigenvalue weighted by Gasteiger charge is 2.31. The maximum atomic E-state index is 11.8. The van der Waals surface area contributed by atoms with E-state index in [0.717, 1.165) is 6.07 Å². The maximum absolute atomic E-state index is 11.8. The van der Waals surface area contributed by atoms with Crippen LogP contribution in [0.1, 0.15) is 5.56 Å². The molecule has 0 bridgehead atoms. The van der Waals surface area contributed by atoms with E-state index in [4.69, 9.17) is 17.3 Å². The van der Waals surface area contributed by atoms with Crippen molar-refractivity contribution >= 4 is 29.7 Å². The van der Waals surface area contributed by atoms with Gasteiger partial charge < -0.3 is 10.5 Å². The second-order valence-corrected chi connectivity index (χ2v) is 3.09. The third-order valence-electron chi connectivity index (χ3n) is 1.54. The van der Waals surface area contributed by atoms with E-state index in [-0.39, 0.29) is 28.9 Å². The first-order valence-electron chi connectivity index (χ1n) is 3.61. The van der Waals surface area contributed by atoms with E-state index in [9.17, 15) is 13.2 Å². The number of anilines is 1.